The van der Waals surface area contributed by atoms with Gasteiger partial charge in [0, 0.05) is 23.9 Å². The maximum absolute atomic E-state index is 5.63. The molecule has 0 amide bonds. The molecule has 0 saturated carbocycles. The van der Waals surface area contributed by atoms with Crippen molar-refractivity contribution in [2.24, 2.45) is 4.99 Å². The molecule has 0 unspecified atom stereocenters. The summed E-state index contributed by atoms with van der Waals surface area (Å²) < 4.78 is 0. The van der Waals surface area contributed by atoms with E-state index >= 15 is 0 Å². The molecule has 0 spiro atoms. The van der Waals surface area contributed by atoms with Crippen LogP contribution in [0.4, 0.5) is 5.82 Å². The van der Waals surface area contributed by atoms with Crippen LogP contribution >= 0.6 is 0 Å². The van der Waals surface area contributed by atoms with Crippen molar-refractivity contribution >= 4 is 17.6 Å². The van der Waals surface area contributed by atoms with Gasteiger partial charge in [-0.25, -0.2) is 0 Å². The zero-order valence-electron chi connectivity index (χ0n) is 7.54. The lowest BCUT2D eigenvalue weighted by atomic mass is 10.1. The van der Waals surface area contributed by atoms with Crippen molar-refractivity contribution in [3.05, 3.63) is 17.3 Å². The molecule has 0 radical (unpaired) electrons. The van der Waals surface area contributed by atoms with Crippen molar-refractivity contribution in [1.82, 2.24) is 10.2 Å². The highest BCUT2D eigenvalue weighted by Crippen LogP contribution is 2.20. The second-order valence-electron chi connectivity index (χ2n) is 3.09. The number of anilines is 1. The number of H-pyrrole nitrogens is 1. The number of nitrogens with two attached hydrogens (primary N) is 1. The van der Waals surface area contributed by atoms with Gasteiger partial charge in [-0.05, 0) is 13.3 Å². The van der Waals surface area contributed by atoms with E-state index in [1.165, 1.54) is 0 Å². The molecule has 4 heteroatoms. The standard InChI is InChI=1S/C9H12N4/c1-6-8(12-13-9(6)10)7-3-2-4-11-5-7/h3,5H,2,4H2,1H3,(H3,10,12,13). The van der Waals surface area contributed by atoms with Crippen LogP contribution < -0.4 is 5.73 Å². The first-order valence-corrected chi connectivity index (χ1v) is 4.30. The number of nitrogens with one attached hydrogen (secondary N) is 1. The predicted molar refractivity (Wildman–Crippen MR) is 53.7 cm³/mol. The molecule has 2 rings (SSSR count). The molecular weight excluding hydrogens is 164 g/mol. The summed E-state index contributed by atoms with van der Waals surface area (Å²) in [5, 5.41) is 6.85. The van der Waals surface area contributed by atoms with E-state index < -0.39 is 0 Å². The summed E-state index contributed by atoms with van der Waals surface area (Å²) in [6, 6.07) is 0. The first-order chi connectivity index (χ1) is 6.29. The van der Waals surface area contributed by atoms with E-state index in [1.54, 1.807) is 0 Å². The quantitative estimate of drug-likeness (QED) is 0.674. The number of nitrogens with zero attached hydrogens (tertiary/aromatic N) is 2. The Morgan fingerprint density at radius 1 is 1.54 bits per heavy atom. The Bertz CT molecular complexity index is 373. The second-order valence-corrected chi connectivity index (χ2v) is 3.09. The average Bonchev–Trinajstić information content (AvgIpc) is 2.49. The minimum atomic E-state index is 0.565. The van der Waals surface area contributed by atoms with Crippen LogP contribution in [0.2, 0.25) is 0 Å². The van der Waals surface area contributed by atoms with Crippen LogP contribution in [0, 0.1) is 6.92 Å². The Morgan fingerprint density at radius 3 is 2.92 bits per heavy atom. The molecule has 0 atom stereocenters. The summed E-state index contributed by atoms with van der Waals surface area (Å²) >= 11 is 0. The van der Waals surface area contributed by atoms with Gasteiger partial charge in [0.2, 0.25) is 0 Å². The van der Waals surface area contributed by atoms with Crippen LogP contribution in [0.3, 0.4) is 0 Å². The molecule has 0 saturated heterocycles. The van der Waals surface area contributed by atoms with E-state index in [0.29, 0.717) is 5.82 Å². The van der Waals surface area contributed by atoms with Crippen molar-refractivity contribution in [3.63, 3.8) is 0 Å². The van der Waals surface area contributed by atoms with Crippen molar-refractivity contribution in [1.29, 1.82) is 0 Å². The van der Waals surface area contributed by atoms with Gasteiger partial charge in [-0.15, -0.1) is 0 Å². The van der Waals surface area contributed by atoms with E-state index in [9.17, 15) is 0 Å². The number of dihydropyridines is 1. The minimum absolute atomic E-state index is 0.565. The Kier molecular flexibility index (Phi) is 1.88. The predicted octanol–water partition coefficient (Wildman–Crippen LogP) is 1.16. The van der Waals surface area contributed by atoms with Crippen LogP contribution in [0.1, 0.15) is 17.7 Å². The Labute approximate surface area is 76.6 Å². The van der Waals surface area contributed by atoms with Crippen molar-refractivity contribution in [2.45, 2.75) is 13.3 Å². The zero-order valence-corrected chi connectivity index (χ0v) is 7.54. The van der Waals surface area contributed by atoms with Crippen LogP contribution in [0.5, 0.6) is 0 Å². The lowest BCUT2D eigenvalue weighted by Gasteiger charge is -2.04. The molecule has 68 valence electrons. The molecule has 1 aliphatic heterocycles. The van der Waals surface area contributed by atoms with Crippen LogP contribution in [-0.2, 0) is 0 Å². The monoisotopic (exact) mass is 176 g/mol. The largest absolute Gasteiger partial charge is 0.382 e. The Hall–Kier alpha value is -1.58. The fourth-order valence-electron chi connectivity index (χ4n) is 1.37. The fraction of sp³-hybridized carbons (Fsp3) is 0.333. The molecule has 13 heavy (non-hydrogen) atoms. The van der Waals surface area contributed by atoms with Gasteiger partial charge in [-0.2, -0.15) is 5.10 Å². The number of hydrogen-bond acceptors (Lipinski definition) is 3. The highest BCUT2D eigenvalue weighted by Gasteiger charge is 2.10. The zero-order chi connectivity index (χ0) is 9.26. The van der Waals surface area contributed by atoms with Gasteiger partial charge in [-0.1, -0.05) is 6.08 Å². The second kappa shape index (κ2) is 3.05. The summed E-state index contributed by atoms with van der Waals surface area (Å²) in [5.74, 6) is 0.565. The van der Waals surface area contributed by atoms with Crippen molar-refractivity contribution in [3.8, 4) is 0 Å². The number of aromatic nitrogens is 2. The lowest BCUT2D eigenvalue weighted by Crippen LogP contribution is -1.96. The van der Waals surface area contributed by atoms with Crippen molar-refractivity contribution in [2.75, 3.05) is 12.3 Å². The highest BCUT2D eigenvalue weighted by molar-refractivity contribution is 6.10. The molecule has 2 heterocycles. The summed E-state index contributed by atoms with van der Waals surface area (Å²) in [7, 11) is 0. The third-order valence-corrected chi connectivity index (χ3v) is 2.19. The van der Waals surface area contributed by atoms with Crippen LogP contribution in [0.15, 0.2) is 11.1 Å². The number of allylic oxidation sites excluding steroid dienone is 1. The molecule has 1 aromatic heterocycles. The molecule has 3 N–H and O–H groups in total. The maximum atomic E-state index is 5.63. The lowest BCUT2D eigenvalue weighted by molar-refractivity contribution is 0.999. The SMILES string of the molecule is Cc1c(N)n[nH]c1C1=CCCN=C1. The van der Waals surface area contributed by atoms with Gasteiger partial charge < -0.3 is 5.73 Å². The van der Waals surface area contributed by atoms with Crippen molar-refractivity contribution < 1.29 is 0 Å². The fourth-order valence-corrected chi connectivity index (χ4v) is 1.37. The number of nitrogen functional groups attached to an aromatic ring is 1. The maximum Gasteiger partial charge on any atom is 0.148 e. The molecule has 0 bridgehead atoms. The summed E-state index contributed by atoms with van der Waals surface area (Å²) in [6.07, 6.45) is 5.00. The minimum Gasteiger partial charge on any atom is -0.382 e. The van der Waals surface area contributed by atoms with E-state index in [2.05, 4.69) is 21.3 Å². The van der Waals surface area contributed by atoms with Gasteiger partial charge in [-0.3, -0.25) is 10.1 Å². The number of rotatable bonds is 1. The normalized spacial score (nSPS) is 15.9. The highest BCUT2D eigenvalue weighted by atomic mass is 15.2. The molecule has 1 aromatic rings. The first-order valence-electron chi connectivity index (χ1n) is 4.30. The Morgan fingerprint density at radius 2 is 2.38 bits per heavy atom. The molecular formula is C9H12N4. The Balaban J connectivity index is 2.40. The van der Waals surface area contributed by atoms with E-state index in [4.69, 9.17) is 5.73 Å². The van der Waals surface area contributed by atoms with Gasteiger partial charge in [0.25, 0.3) is 0 Å². The first kappa shape index (κ1) is 8.04. The molecule has 4 nitrogen and oxygen atoms in total. The van der Waals surface area contributed by atoms with Gasteiger partial charge in [0.05, 0.1) is 5.69 Å². The van der Waals surface area contributed by atoms with Gasteiger partial charge >= 0.3 is 0 Å². The molecule has 0 aliphatic carbocycles. The van der Waals surface area contributed by atoms with Gasteiger partial charge in [0.1, 0.15) is 5.82 Å². The van der Waals surface area contributed by atoms with E-state index in [0.717, 1.165) is 29.8 Å². The molecule has 0 fully saturated rings. The molecule has 0 aromatic carbocycles. The topological polar surface area (TPSA) is 67.1 Å². The summed E-state index contributed by atoms with van der Waals surface area (Å²) in [6.45, 7) is 2.84. The van der Waals surface area contributed by atoms with Crippen LogP contribution in [0.25, 0.3) is 5.57 Å². The number of aliphatic imine (C=N–C) groups is 1. The smallest absolute Gasteiger partial charge is 0.148 e. The van der Waals surface area contributed by atoms with Crippen LogP contribution in [-0.4, -0.2) is 23.0 Å². The number of hydrogen-bond donors (Lipinski definition) is 2. The number of aromatic amines is 1. The third-order valence-electron chi connectivity index (χ3n) is 2.19. The summed E-state index contributed by atoms with van der Waals surface area (Å²) in [4.78, 5) is 4.20. The summed E-state index contributed by atoms with van der Waals surface area (Å²) in [5.41, 5.74) is 8.71. The van der Waals surface area contributed by atoms with E-state index in [-0.39, 0.29) is 0 Å². The molecule has 1 aliphatic rings. The van der Waals surface area contributed by atoms with E-state index in [1.807, 2.05) is 13.1 Å². The average molecular weight is 176 g/mol. The van der Waals surface area contributed by atoms with Gasteiger partial charge in [0.15, 0.2) is 0 Å². The third kappa shape index (κ3) is 1.35.